The molecule has 27 heavy (non-hydrogen) atoms. The van der Waals surface area contributed by atoms with E-state index in [1.165, 1.54) is 5.56 Å². The molecule has 2 heterocycles. The van der Waals surface area contributed by atoms with Crippen LogP contribution >= 0.6 is 11.6 Å². The third-order valence-electron chi connectivity index (χ3n) is 5.08. The lowest BCUT2D eigenvalue weighted by Crippen LogP contribution is -2.35. The number of hydrogen-bond donors (Lipinski definition) is 1. The molecule has 0 aliphatic carbocycles. The number of piperidine rings is 1. The van der Waals surface area contributed by atoms with Gasteiger partial charge in [-0.3, -0.25) is 0 Å². The van der Waals surface area contributed by atoms with Gasteiger partial charge in [-0.15, -0.1) is 10.2 Å². The Morgan fingerprint density at radius 1 is 1.30 bits per heavy atom. The average molecular weight is 389 g/mol. The Morgan fingerprint density at radius 2 is 2.07 bits per heavy atom. The van der Waals surface area contributed by atoms with Gasteiger partial charge in [0.2, 0.25) is 0 Å². The van der Waals surface area contributed by atoms with Crippen molar-refractivity contribution >= 4 is 29.1 Å². The highest BCUT2D eigenvalue weighted by Crippen LogP contribution is 2.34. The molecule has 6 nitrogen and oxygen atoms in total. The van der Waals surface area contributed by atoms with Gasteiger partial charge in [-0.2, -0.15) is 0 Å². The Labute approximate surface area is 164 Å². The van der Waals surface area contributed by atoms with Crippen molar-refractivity contribution in [3.8, 4) is 0 Å². The van der Waals surface area contributed by atoms with Crippen molar-refractivity contribution in [2.24, 2.45) is 0 Å². The predicted molar refractivity (Wildman–Crippen MR) is 108 cm³/mol. The van der Waals surface area contributed by atoms with Crippen LogP contribution in [0.15, 0.2) is 18.2 Å². The summed E-state index contributed by atoms with van der Waals surface area (Å²) in [6.07, 6.45) is 2.13. The van der Waals surface area contributed by atoms with Crippen molar-refractivity contribution < 1.29 is 9.53 Å². The van der Waals surface area contributed by atoms with Crippen LogP contribution in [0.2, 0.25) is 5.15 Å². The molecule has 0 amide bonds. The maximum absolute atomic E-state index is 12.1. The molecule has 0 saturated carbocycles. The Bertz CT molecular complexity index is 856. The van der Waals surface area contributed by atoms with Gasteiger partial charge in [-0.05, 0) is 56.4 Å². The number of aryl methyl sites for hydroxylation is 2. The van der Waals surface area contributed by atoms with Gasteiger partial charge in [-0.25, -0.2) is 4.79 Å². The number of nitrogen functional groups attached to an aromatic ring is 1. The van der Waals surface area contributed by atoms with E-state index in [2.05, 4.69) is 28.1 Å². The molecule has 1 fully saturated rings. The molecular formula is C20H25ClN4O2. The fraction of sp³-hybridized carbons (Fsp3) is 0.450. The van der Waals surface area contributed by atoms with Gasteiger partial charge in [0.25, 0.3) is 0 Å². The molecular weight excluding hydrogens is 364 g/mol. The average Bonchev–Trinajstić information content (AvgIpc) is 2.65. The normalized spacial score (nSPS) is 17.0. The molecule has 1 atom stereocenters. The van der Waals surface area contributed by atoms with Crippen LogP contribution in [0.3, 0.4) is 0 Å². The number of nitrogens with zero attached hydrogens (tertiary/aromatic N) is 3. The largest absolute Gasteiger partial charge is 0.462 e. The van der Waals surface area contributed by atoms with Gasteiger partial charge >= 0.3 is 5.97 Å². The molecule has 1 aliphatic heterocycles. The summed E-state index contributed by atoms with van der Waals surface area (Å²) in [5, 5.41) is 8.07. The quantitative estimate of drug-likeness (QED) is 0.800. The van der Waals surface area contributed by atoms with Crippen molar-refractivity contribution in [1.29, 1.82) is 0 Å². The van der Waals surface area contributed by atoms with E-state index in [0.717, 1.165) is 42.7 Å². The minimum Gasteiger partial charge on any atom is -0.462 e. The van der Waals surface area contributed by atoms with Gasteiger partial charge in [0.15, 0.2) is 11.0 Å². The lowest BCUT2D eigenvalue weighted by atomic mass is 9.85. The molecule has 0 unspecified atom stereocenters. The summed E-state index contributed by atoms with van der Waals surface area (Å²) >= 11 is 6.01. The van der Waals surface area contributed by atoms with Gasteiger partial charge in [0, 0.05) is 25.1 Å². The van der Waals surface area contributed by atoms with Crippen LogP contribution in [0.5, 0.6) is 0 Å². The second-order valence-electron chi connectivity index (χ2n) is 6.97. The Hall–Kier alpha value is -2.34. The van der Waals surface area contributed by atoms with Gasteiger partial charge in [-0.1, -0.05) is 17.7 Å². The van der Waals surface area contributed by atoms with Crippen LogP contribution in [0.1, 0.15) is 52.7 Å². The van der Waals surface area contributed by atoms with Gasteiger partial charge in [0.05, 0.1) is 17.9 Å². The van der Waals surface area contributed by atoms with Crippen molar-refractivity contribution in [2.45, 2.75) is 39.5 Å². The molecule has 0 radical (unpaired) electrons. The van der Waals surface area contributed by atoms with Crippen LogP contribution < -0.4 is 10.6 Å². The molecule has 2 N–H and O–H groups in total. The number of esters is 1. The maximum Gasteiger partial charge on any atom is 0.338 e. The number of rotatable bonds is 4. The first-order chi connectivity index (χ1) is 12.9. The SMILES string of the molecule is CCOC(=O)c1cc(C)c([C@H]2CCCN(c3cc(Cl)nnc3N)C2)cc1C. The highest BCUT2D eigenvalue weighted by atomic mass is 35.5. The first-order valence-electron chi connectivity index (χ1n) is 9.22. The summed E-state index contributed by atoms with van der Waals surface area (Å²) in [5.41, 5.74) is 10.8. The van der Waals surface area contributed by atoms with Gasteiger partial charge < -0.3 is 15.4 Å². The summed E-state index contributed by atoms with van der Waals surface area (Å²) in [4.78, 5) is 14.4. The smallest absolute Gasteiger partial charge is 0.338 e. The molecule has 1 aliphatic rings. The van der Waals surface area contributed by atoms with Crippen LogP contribution in [0, 0.1) is 13.8 Å². The Morgan fingerprint density at radius 3 is 2.81 bits per heavy atom. The van der Waals surface area contributed by atoms with E-state index in [9.17, 15) is 4.79 Å². The highest BCUT2D eigenvalue weighted by molar-refractivity contribution is 6.29. The maximum atomic E-state index is 12.1. The summed E-state index contributed by atoms with van der Waals surface area (Å²) in [6.45, 7) is 7.93. The summed E-state index contributed by atoms with van der Waals surface area (Å²) in [7, 11) is 0. The van der Waals surface area contributed by atoms with E-state index in [-0.39, 0.29) is 5.97 Å². The predicted octanol–water partition coefficient (Wildman–Crippen LogP) is 3.89. The fourth-order valence-electron chi connectivity index (χ4n) is 3.78. The van der Waals surface area contributed by atoms with Crippen molar-refractivity contribution in [3.05, 3.63) is 45.6 Å². The third kappa shape index (κ3) is 4.16. The summed E-state index contributed by atoms with van der Waals surface area (Å²) in [6, 6.07) is 5.84. The number of anilines is 2. The topological polar surface area (TPSA) is 81.3 Å². The number of hydrogen-bond acceptors (Lipinski definition) is 6. The zero-order chi connectivity index (χ0) is 19.6. The molecule has 1 aromatic carbocycles. The minimum absolute atomic E-state index is 0.264. The molecule has 1 aromatic heterocycles. The number of carbonyl (C=O) groups is 1. The fourth-order valence-corrected chi connectivity index (χ4v) is 3.92. The van der Waals surface area contributed by atoms with Crippen molar-refractivity contribution in [2.75, 3.05) is 30.3 Å². The van der Waals surface area contributed by atoms with Crippen LogP contribution in [-0.4, -0.2) is 35.9 Å². The lowest BCUT2D eigenvalue weighted by Gasteiger charge is -2.35. The molecule has 0 spiro atoms. The first-order valence-corrected chi connectivity index (χ1v) is 9.60. The number of benzene rings is 1. The number of carbonyl (C=O) groups excluding carboxylic acids is 1. The zero-order valence-electron chi connectivity index (χ0n) is 16.0. The molecule has 3 rings (SSSR count). The molecule has 0 bridgehead atoms. The van der Waals surface area contributed by atoms with E-state index in [4.69, 9.17) is 22.1 Å². The van der Waals surface area contributed by atoms with Crippen molar-refractivity contribution in [3.63, 3.8) is 0 Å². The highest BCUT2D eigenvalue weighted by Gasteiger charge is 2.26. The van der Waals surface area contributed by atoms with E-state index in [1.807, 2.05) is 19.9 Å². The summed E-state index contributed by atoms with van der Waals surface area (Å²) in [5.74, 6) is 0.478. The number of aromatic nitrogens is 2. The summed E-state index contributed by atoms with van der Waals surface area (Å²) < 4.78 is 5.16. The molecule has 7 heteroatoms. The molecule has 2 aromatic rings. The van der Waals surface area contributed by atoms with Crippen LogP contribution in [0.4, 0.5) is 11.5 Å². The molecule has 144 valence electrons. The third-order valence-corrected chi connectivity index (χ3v) is 5.27. The second kappa shape index (κ2) is 8.13. The number of halogens is 1. The number of ether oxygens (including phenoxy) is 1. The first kappa shape index (κ1) is 19.4. The minimum atomic E-state index is -0.264. The van der Waals surface area contributed by atoms with Crippen LogP contribution in [0.25, 0.3) is 0 Å². The lowest BCUT2D eigenvalue weighted by molar-refractivity contribution is 0.0525. The van der Waals surface area contributed by atoms with Crippen LogP contribution in [-0.2, 0) is 4.74 Å². The number of nitrogens with two attached hydrogens (primary N) is 1. The monoisotopic (exact) mass is 388 g/mol. The Kier molecular flexibility index (Phi) is 5.85. The second-order valence-corrected chi connectivity index (χ2v) is 7.35. The Balaban J connectivity index is 1.87. The van der Waals surface area contributed by atoms with E-state index < -0.39 is 0 Å². The van der Waals surface area contributed by atoms with E-state index in [1.54, 1.807) is 6.07 Å². The standard InChI is InChI=1S/C20H25ClN4O2/c1-4-27-20(26)16-9-12(2)15(8-13(16)3)14-6-5-7-25(11-14)17-10-18(21)23-24-19(17)22/h8-10,14H,4-7,11H2,1-3H3,(H2,22,24)/t14-/m0/s1. The van der Waals surface area contributed by atoms with Crippen molar-refractivity contribution in [1.82, 2.24) is 10.2 Å². The van der Waals surface area contributed by atoms with E-state index >= 15 is 0 Å². The zero-order valence-corrected chi connectivity index (χ0v) is 16.7. The van der Waals surface area contributed by atoms with Gasteiger partial charge in [0.1, 0.15) is 0 Å². The molecule has 1 saturated heterocycles. The van der Waals surface area contributed by atoms with E-state index in [0.29, 0.717) is 29.1 Å².